The summed E-state index contributed by atoms with van der Waals surface area (Å²) in [5.74, 6) is 0.665. The molecule has 150 valence electrons. The minimum absolute atomic E-state index is 0.0649. The molecule has 1 atom stereocenters. The number of fused-ring (bicyclic) bond motifs is 1. The third-order valence-electron chi connectivity index (χ3n) is 6.22. The summed E-state index contributed by atoms with van der Waals surface area (Å²) in [7, 11) is 0. The van der Waals surface area contributed by atoms with E-state index in [4.69, 9.17) is 0 Å². The van der Waals surface area contributed by atoms with Gasteiger partial charge >= 0.3 is 0 Å². The number of aromatic amines is 1. The quantitative estimate of drug-likeness (QED) is 0.746. The monoisotopic (exact) mass is 389 g/mol. The Balaban J connectivity index is 1.33. The number of piperazine rings is 1. The lowest BCUT2D eigenvalue weighted by atomic mass is 9.91. The SMILES string of the molecule is O=c1c2c([nH]n1-c1ccccn1)CCCC2N1CCN(Cc2ccccc2)CC1. The molecule has 2 aliphatic rings. The molecule has 2 aromatic heterocycles. The van der Waals surface area contributed by atoms with Crippen LogP contribution in [0.4, 0.5) is 0 Å². The number of hydrogen-bond acceptors (Lipinski definition) is 4. The predicted molar refractivity (Wildman–Crippen MR) is 113 cm³/mol. The molecule has 6 nitrogen and oxygen atoms in total. The van der Waals surface area contributed by atoms with Gasteiger partial charge in [0.15, 0.2) is 5.82 Å². The minimum atomic E-state index is 0.0649. The molecule has 0 saturated carbocycles. The van der Waals surface area contributed by atoms with Crippen LogP contribution >= 0.6 is 0 Å². The average molecular weight is 390 g/mol. The van der Waals surface area contributed by atoms with Crippen molar-refractivity contribution in [2.75, 3.05) is 26.2 Å². The normalized spacial score (nSPS) is 20.5. The van der Waals surface area contributed by atoms with Crippen LogP contribution in [0.25, 0.3) is 5.82 Å². The Labute approximate surface area is 170 Å². The summed E-state index contributed by atoms with van der Waals surface area (Å²) < 4.78 is 1.62. The second-order valence-corrected chi connectivity index (χ2v) is 8.04. The van der Waals surface area contributed by atoms with E-state index in [0.717, 1.165) is 63.2 Å². The van der Waals surface area contributed by atoms with Crippen LogP contribution in [-0.4, -0.2) is 50.7 Å². The van der Waals surface area contributed by atoms with Gasteiger partial charge in [-0.2, -0.15) is 0 Å². The number of H-pyrrole nitrogens is 1. The first-order valence-electron chi connectivity index (χ1n) is 10.5. The van der Waals surface area contributed by atoms with Gasteiger partial charge in [-0.15, -0.1) is 0 Å². The fraction of sp³-hybridized carbons (Fsp3) is 0.391. The molecular weight excluding hydrogens is 362 g/mol. The molecular formula is C23H27N5O. The van der Waals surface area contributed by atoms with E-state index in [2.05, 4.69) is 50.2 Å². The van der Waals surface area contributed by atoms with Crippen LogP contribution in [-0.2, 0) is 13.0 Å². The second-order valence-electron chi connectivity index (χ2n) is 8.04. The number of aryl methyl sites for hydroxylation is 1. The predicted octanol–water partition coefficient (Wildman–Crippen LogP) is 2.76. The first-order chi connectivity index (χ1) is 14.3. The maximum Gasteiger partial charge on any atom is 0.277 e. The van der Waals surface area contributed by atoms with Gasteiger partial charge < -0.3 is 0 Å². The van der Waals surface area contributed by atoms with Crippen LogP contribution < -0.4 is 5.56 Å². The highest BCUT2D eigenvalue weighted by Crippen LogP contribution is 2.32. The lowest BCUT2D eigenvalue weighted by Gasteiger charge is -2.40. The van der Waals surface area contributed by atoms with E-state index in [9.17, 15) is 4.79 Å². The number of pyridine rings is 1. The van der Waals surface area contributed by atoms with E-state index in [1.165, 1.54) is 5.56 Å². The van der Waals surface area contributed by atoms with Crippen LogP contribution in [0.5, 0.6) is 0 Å². The van der Waals surface area contributed by atoms with E-state index >= 15 is 0 Å². The lowest BCUT2D eigenvalue weighted by molar-refractivity contribution is 0.0837. The maximum absolute atomic E-state index is 13.2. The van der Waals surface area contributed by atoms with Crippen molar-refractivity contribution in [1.82, 2.24) is 24.6 Å². The fourth-order valence-corrected chi connectivity index (χ4v) is 4.73. The molecule has 3 aromatic rings. The van der Waals surface area contributed by atoms with Crippen molar-refractivity contribution in [3.8, 4) is 5.82 Å². The summed E-state index contributed by atoms with van der Waals surface area (Å²) in [4.78, 5) is 22.6. The summed E-state index contributed by atoms with van der Waals surface area (Å²) >= 11 is 0. The number of nitrogens with zero attached hydrogens (tertiary/aromatic N) is 4. The van der Waals surface area contributed by atoms with Crippen molar-refractivity contribution in [2.45, 2.75) is 31.8 Å². The number of aromatic nitrogens is 3. The molecule has 3 heterocycles. The Morgan fingerprint density at radius 1 is 1.00 bits per heavy atom. The third kappa shape index (κ3) is 3.66. The molecule has 0 spiro atoms. The summed E-state index contributed by atoms with van der Waals surface area (Å²) in [6.07, 6.45) is 4.84. The summed E-state index contributed by atoms with van der Waals surface area (Å²) in [6, 6.07) is 16.5. The number of nitrogens with one attached hydrogen (secondary N) is 1. The molecule has 29 heavy (non-hydrogen) atoms. The zero-order chi connectivity index (χ0) is 19.6. The summed E-state index contributed by atoms with van der Waals surface area (Å²) in [6.45, 7) is 5.09. The molecule has 1 fully saturated rings. The zero-order valence-corrected chi connectivity index (χ0v) is 16.6. The highest BCUT2D eigenvalue weighted by atomic mass is 16.1. The van der Waals surface area contributed by atoms with Gasteiger partial charge in [-0.1, -0.05) is 36.4 Å². The van der Waals surface area contributed by atoms with E-state index < -0.39 is 0 Å². The summed E-state index contributed by atoms with van der Waals surface area (Å²) in [5.41, 5.74) is 3.47. The Bertz CT molecular complexity index is 1000. The molecule has 1 saturated heterocycles. The van der Waals surface area contributed by atoms with Crippen molar-refractivity contribution in [2.24, 2.45) is 0 Å². The molecule has 1 unspecified atom stereocenters. The van der Waals surface area contributed by atoms with Gasteiger partial charge in [-0.05, 0) is 37.0 Å². The van der Waals surface area contributed by atoms with E-state index in [1.54, 1.807) is 10.9 Å². The van der Waals surface area contributed by atoms with Gasteiger partial charge in [0.2, 0.25) is 0 Å². The molecule has 0 bridgehead atoms. The lowest BCUT2D eigenvalue weighted by Crippen LogP contribution is -2.48. The minimum Gasteiger partial charge on any atom is -0.297 e. The first kappa shape index (κ1) is 18.3. The van der Waals surface area contributed by atoms with Crippen LogP contribution in [0.15, 0.2) is 59.5 Å². The topological polar surface area (TPSA) is 57.2 Å². The molecule has 5 rings (SSSR count). The van der Waals surface area contributed by atoms with Crippen LogP contribution in [0.3, 0.4) is 0 Å². The largest absolute Gasteiger partial charge is 0.297 e. The summed E-state index contributed by atoms with van der Waals surface area (Å²) in [5, 5.41) is 3.33. The van der Waals surface area contributed by atoms with Crippen molar-refractivity contribution in [3.05, 3.63) is 81.9 Å². The highest BCUT2D eigenvalue weighted by Gasteiger charge is 2.33. The number of hydrogen-bond donors (Lipinski definition) is 1. The fourth-order valence-electron chi connectivity index (χ4n) is 4.73. The van der Waals surface area contributed by atoms with Crippen molar-refractivity contribution < 1.29 is 0 Å². The Morgan fingerprint density at radius 2 is 1.79 bits per heavy atom. The molecule has 0 radical (unpaired) electrons. The standard InChI is InChI=1S/C23H27N5O/c29-23-22-19(25-28(23)21-11-4-5-12-24-21)9-6-10-20(22)27-15-13-26(14-16-27)17-18-7-2-1-3-8-18/h1-5,7-8,11-12,20,25H,6,9-10,13-17H2. The van der Waals surface area contributed by atoms with Gasteiger partial charge in [0, 0.05) is 50.7 Å². The first-order valence-corrected chi connectivity index (χ1v) is 10.5. The zero-order valence-electron chi connectivity index (χ0n) is 16.6. The molecule has 1 N–H and O–H groups in total. The van der Waals surface area contributed by atoms with Gasteiger partial charge in [0.1, 0.15) is 0 Å². The Morgan fingerprint density at radius 3 is 2.55 bits per heavy atom. The molecule has 0 amide bonds. The van der Waals surface area contributed by atoms with Crippen LogP contribution in [0.1, 0.15) is 35.7 Å². The number of rotatable bonds is 4. The van der Waals surface area contributed by atoms with E-state index in [0.29, 0.717) is 5.82 Å². The van der Waals surface area contributed by atoms with Crippen LogP contribution in [0.2, 0.25) is 0 Å². The third-order valence-corrected chi connectivity index (χ3v) is 6.22. The van der Waals surface area contributed by atoms with Crippen molar-refractivity contribution in [1.29, 1.82) is 0 Å². The van der Waals surface area contributed by atoms with Crippen molar-refractivity contribution >= 4 is 0 Å². The average Bonchev–Trinajstić information content (AvgIpc) is 3.12. The maximum atomic E-state index is 13.2. The van der Waals surface area contributed by atoms with Gasteiger partial charge in [-0.3, -0.25) is 19.7 Å². The van der Waals surface area contributed by atoms with Crippen LogP contribution in [0, 0.1) is 0 Å². The number of benzene rings is 1. The molecule has 6 heteroatoms. The highest BCUT2D eigenvalue weighted by molar-refractivity contribution is 5.30. The smallest absolute Gasteiger partial charge is 0.277 e. The van der Waals surface area contributed by atoms with Gasteiger partial charge in [0.05, 0.1) is 5.56 Å². The van der Waals surface area contributed by atoms with Gasteiger partial charge in [-0.25, -0.2) is 9.67 Å². The molecule has 1 aliphatic carbocycles. The Hall–Kier alpha value is -2.70. The molecule has 1 aromatic carbocycles. The van der Waals surface area contributed by atoms with E-state index in [-0.39, 0.29) is 11.6 Å². The second kappa shape index (κ2) is 7.97. The Kier molecular flexibility index (Phi) is 5.04. The van der Waals surface area contributed by atoms with Gasteiger partial charge in [0.25, 0.3) is 5.56 Å². The van der Waals surface area contributed by atoms with Crippen molar-refractivity contribution in [3.63, 3.8) is 0 Å². The van der Waals surface area contributed by atoms with E-state index in [1.807, 2.05) is 18.2 Å². The molecule has 1 aliphatic heterocycles.